The maximum Gasteiger partial charge on any atom is 0.417 e. The van der Waals surface area contributed by atoms with Crippen molar-refractivity contribution in [2.75, 3.05) is 6.61 Å². The molecule has 0 aliphatic carbocycles. The smallest absolute Gasteiger partial charge is 0.417 e. The molecular formula is C33H31F3O3. The maximum absolute atomic E-state index is 14.7. The van der Waals surface area contributed by atoms with Crippen molar-refractivity contribution in [2.24, 2.45) is 0 Å². The molecule has 0 saturated heterocycles. The summed E-state index contributed by atoms with van der Waals surface area (Å²) in [7, 11) is 0. The maximum atomic E-state index is 14.7. The number of ether oxygens (including phenoxy) is 2. The minimum Gasteiger partial charge on any atom is -0.464 e. The van der Waals surface area contributed by atoms with Crippen LogP contribution in [0.4, 0.5) is 13.2 Å². The number of carbonyl (C=O) groups is 1. The van der Waals surface area contributed by atoms with Gasteiger partial charge in [-0.3, -0.25) is 0 Å². The summed E-state index contributed by atoms with van der Waals surface area (Å²) in [6, 6.07) is 29.4. The molecule has 4 rings (SSSR count). The molecule has 0 aliphatic rings. The highest BCUT2D eigenvalue weighted by atomic mass is 19.4. The van der Waals surface area contributed by atoms with Crippen molar-refractivity contribution in [1.29, 1.82) is 0 Å². The molecule has 3 nitrogen and oxygen atoms in total. The van der Waals surface area contributed by atoms with Crippen molar-refractivity contribution >= 4 is 5.97 Å². The van der Waals surface area contributed by atoms with Gasteiger partial charge in [-0.05, 0) is 41.7 Å². The van der Waals surface area contributed by atoms with E-state index in [4.69, 9.17) is 9.47 Å². The fraction of sp³-hybridized carbons (Fsp3) is 0.242. The summed E-state index contributed by atoms with van der Waals surface area (Å²) in [4.78, 5) is 13.7. The third-order valence-electron chi connectivity index (χ3n) is 6.62. The Hall–Kier alpha value is -3.90. The van der Waals surface area contributed by atoms with E-state index >= 15 is 0 Å². The molecule has 1 unspecified atom stereocenters. The second-order valence-corrected chi connectivity index (χ2v) is 9.21. The van der Waals surface area contributed by atoms with E-state index in [0.29, 0.717) is 17.5 Å². The first-order valence-electron chi connectivity index (χ1n) is 13.0. The van der Waals surface area contributed by atoms with Gasteiger partial charge < -0.3 is 9.47 Å². The van der Waals surface area contributed by atoms with Gasteiger partial charge in [-0.25, -0.2) is 4.79 Å². The molecule has 0 bridgehead atoms. The Bertz CT molecular complexity index is 1380. The summed E-state index contributed by atoms with van der Waals surface area (Å²) in [5.74, 6) is -0.708. The summed E-state index contributed by atoms with van der Waals surface area (Å²) in [5.41, 5.74) is -0.0134. The highest BCUT2D eigenvalue weighted by molar-refractivity contribution is 5.91. The summed E-state index contributed by atoms with van der Waals surface area (Å²) in [6.07, 6.45) is -4.06. The Labute approximate surface area is 227 Å². The lowest BCUT2D eigenvalue weighted by atomic mass is 9.79. The molecule has 4 aromatic rings. The van der Waals surface area contributed by atoms with Crippen LogP contribution in [0.3, 0.4) is 0 Å². The van der Waals surface area contributed by atoms with E-state index in [1.54, 1.807) is 37.3 Å². The van der Waals surface area contributed by atoms with Crippen LogP contribution >= 0.6 is 0 Å². The topological polar surface area (TPSA) is 35.5 Å². The van der Waals surface area contributed by atoms with E-state index in [0.717, 1.165) is 17.2 Å². The van der Waals surface area contributed by atoms with Gasteiger partial charge in [-0.1, -0.05) is 110 Å². The Morgan fingerprint density at radius 2 is 1.31 bits per heavy atom. The Morgan fingerprint density at radius 3 is 1.92 bits per heavy atom. The van der Waals surface area contributed by atoms with E-state index in [-0.39, 0.29) is 30.8 Å². The lowest BCUT2D eigenvalue weighted by Gasteiger charge is -2.35. The zero-order chi connectivity index (χ0) is 27.9. The predicted octanol–water partition coefficient (Wildman–Crippen LogP) is 8.81. The van der Waals surface area contributed by atoms with Gasteiger partial charge in [0.15, 0.2) is 5.60 Å². The van der Waals surface area contributed by atoms with Gasteiger partial charge in [0.05, 0.1) is 18.8 Å². The number of halogens is 3. The molecule has 0 aromatic heterocycles. The highest BCUT2D eigenvalue weighted by Crippen LogP contribution is 2.47. The fourth-order valence-corrected chi connectivity index (χ4v) is 4.92. The monoisotopic (exact) mass is 532 g/mol. The van der Waals surface area contributed by atoms with Gasteiger partial charge in [-0.15, -0.1) is 0 Å². The van der Waals surface area contributed by atoms with Crippen molar-refractivity contribution in [3.05, 3.63) is 120 Å². The number of rotatable bonds is 10. The summed E-state index contributed by atoms with van der Waals surface area (Å²) >= 11 is 0. The van der Waals surface area contributed by atoms with Crippen molar-refractivity contribution in [1.82, 2.24) is 0 Å². The molecule has 0 N–H and O–H groups in total. The van der Waals surface area contributed by atoms with Crippen molar-refractivity contribution in [3.8, 4) is 22.3 Å². The third kappa shape index (κ3) is 6.07. The molecule has 0 heterocycles. The zero-order valence-corrected chi connectivity index (χ0v) is 22.0. The zero-order valence-electron chi connectivity index (χ0n) is 22.0. The molecule has 0 saturated carbocycles. The normalized spacial score (nSPS) is 13.1. The van der Waals surface area contributed by atoms with Gasteiger partial charge in [0, 0.05) is 11.1 Å². The van der Waals surface area contributed by atoms with Crippen LogP contribution in [0.1, 0.15) is 43.4 Å². The molecular weight excluding hydrogens is 501 g/mol. The van der Waals surface area contributed by atoms with Crippen LogP contribution in [0.2, 0.25) is 0 Å². The quantitative estimate of drug-likeness (QED) is 0.192. The second-order valence-electron chi connectivity index (χ2n) is 9.21. The Morgan fingerprint density at radius 1 is 0.718 bits per heavy atom. The predicted molar refractivity (Wildman–Crippen MR) is 147 cm³/mol. The average molecular weight is 533 g/mol. The van der Waals surface area contributed by atoms with Crippen molar-refractivity contribution in [2.45, 2.75) is 45.1 Å². The lowest BCUT2D eigenvalue weighted by molar-refractivity contribution is -0.178. The highest BCUT2D eigenvalue weighted by Gasteiger charge is 2.47. The van der Waals surface area contributed by atoms with Gasteiger partial charge >= 0.3 is 12.1 Å². The van der Waals surface area contributed by atoms with E-state index < -0.39 is 23.3 Å². The number of alkyl halides is 3. The summed E-state index contributed by atoms with van der Waals surface area (Å²) < 4.78 is 55.9. The molecule has 0 fully saturated rings. The molecule has 1 atom stereocenters. The van der Waals surface area contributed by atoms with Crippen LogP contribution < -0.4 is 0 Å². The molecule has 0 spiro atoms. The molecule has 202 valence electrons. The van der Waals surface area contributed by atoms with Gasteiger partial charge in [0.2, 0.25) is 0 Å². The lowest BCUT2D eigenvalue weighted by Crippen LogP contribution is -2.41. The van der Waals surface area contributed by atoms with Crippen LogP contribution in [0.5, 0.6) is 0 Å². The first-order valence-corrected chi connectivity index (χ1v) is 13.0. The number of hydrogen-bond donors (Lipinski definition) is 0. The van der Waals surface area contributed by atoms with Crippen LogP contribution in [-0.2, 0) is 32.7 Å². The number of carbonyl (C=O) groups excluding carboxylic acids is 1. The molecule has 0 amide bonds. The van der Waals surface area contributed by atoms with Gasteiger partial charge in [0.1, 0.15) is 0 Å². The minimum absolute atomic E-state index is 0.0235. The summed E-state index contributed by atoms with van der Waals surface area (Å²) in [6.45, 7) is 3.62. The van der Waals surface area contributed by atoms with E-state index in [9.17, 15) is 18.0 Å². The van der Waals surface area contributed by atoms with E-state index in [1.807, 2.05) is 67.6 Å². The fourth-order valence-electron chi connectivity index (χ4n) is 4.92. The van der Waals surface area contributed by atoms with E-state index in [1.165, 1.54) is 6.07 Å². The number of hydrogen-bond acceptors (Lipinski definition) is 3. The SMILES string of the molecule is CCCC(OCc1ccccc1)(C(=O)OCC)c1cccc(C(F)(F)F)c1-c1ccccc1-c1ccccc1. The van der Waals surface area contributed by atoms with Crippen LogP contribution in [0.25, 0.3) is 22.3 Å². The number of benzene rings is 4. The Kier molecular flexibility index (Phi) is 8.87. The second kappa shape index (κ2) is 12.3. The average Bonchev–Trinajstić information content (AvgIpc) is 2.95. The standard InChI is InChI=1S/C33H31F3O3/c1-3-22-32(31(37)38-4-2,39-23-24-14-7-5-8-15-24)28-20-13-21-29(33(34,35)36)30(28)27-19-12-11-18-26(27)25-16-9-6-10-17-25/h5-21H,3-4,22-23H2,1-2H3. The Balaban J connectivity index is 2.03. The molecule has 4 aromatic carbocycles. The first kappa shape index (κ1) is 28.1. The molecule has 0 radical (unpaired) electrons. The largest absolute Gasteiger partial charge is 0.464 e. The molecule has 6 heteroatoms. The van der Waals surface area contributed by atoms with Crippen molar-refractivity contribution in [3.63, 3.8) is 0 Å². The molecule has 39 heavy (non-hydrogen) atoms. The van der Waals surface area contributed by atoms with Gasteiger partial charge in [-0.2, -0.15) is 13.2 Å². The minimum atomic E-state index is -4.68. The summed E-state index contributed by atoms with van der Waals surface area (Å²) in [5, 5.41) is 0. The number of esters is 1. The van der Waals surface area contributed by atoms with E-state index in [2.05, 4.69) is 0 Å². The van der Waals surface area contributed by atoms with Crippen LogP contribution in [-0.4, -0.2) is 12.6 Å². The van der Waals surface area contributed by atoms with Crippen LogP contribution in [0, 0.1) is 0 Å². The van der Waals surface area contributed by atoms with Crippen molar-refractivity contribution < 1.29 is 27.4 Å². The van der Waals surface area contributed by atoms with Crippen LogP contribution in [0.15, 0.2) is 103 Å². The molecule has 0 aliphatic heterocycles. The third-order valence-corrected chi connectivity index (χ3v) is 6.62. The first-order chi connectivity index (χ1) is 18.8. The van der Waals surface area contributed by atoms with Gasteiger partial charge in [0.25, 0.3) is 0 Å².